The molecule has 0 unspecified atom stereocenters. The number of hydrogen-bond acceptors (Lipinski definition) is 5. The first-order valence-corrected chi connectivity index (χ1v) is 10.4. The normalized spacial score (nSPS) is 19.5. The standard InChI is InChI=1S/C24H25N3O3.Li/c25-15-17-4-6-18(7-5-17)16-27-14-2-1-3-21(27)22(28)26-24(12-13-24)20-10-8-19(9-11-20)23(29)30;/h4-11,21H,1-3,12-14,16H2,(H,26,28)(H,29,30);/q;+1/p-1/t21-;/m1./s1. The maximum Gasteiger partial charge on any atom is 1.00 e. The molecular weight excluding hydrogens is 385 g/mol. The summed E-state index contributed by atoms with van der Waals surface area (Å²) in [6.45, 7) is 1.54. The molecule has 1 atom stereocenters. The Bertz CT molecular complexity index is 979. The van der Waals surface area contributed by atoms with Crippen molar-refractivity contribution in [1.29, 1.82) is 5.26 Å². The first-order chi connectivity index (χ1) is 14.5. The van der Waals surface area contributed by atoms with Gasteiger partial charge in [0.05, 0.1) is 29.2 Å². The van der Waals surface area contributed by atoms with Crippen molar-refractivity contribution < 1.29 is 33.6 Å². The molecule has 31 heavy (non-hydrogen) atoms. The molecule has 2 aromatic rings. The Morgan fingerprint density at radius 1 is 1.10 bits per heavy atom. The predicted octanol–water partition coefficient (Wildman–Crippen LogP) is -0.914. The van der Waals surface area contributed by atoms with Crippen molar-refractivity contribution in [3.63, 3.8) is 0 Å². The summed E-state index contributed by atoms with van der Waals surface area (Å²) >= 11 is 0. The number of amides is 1. The van der Waals surface area contributed by atoms with Crippen molar-refractivity contribution in [2.24, 2.45) is 0 Å². The van der Waals surface area contributed by atoms with Crippen LogP contribution >= 0.6 is 0 Å². The molecule has 1 saturated carbocycles. The Morgan fingerprint density at radius 3 is 2.35 bits per heavy atom. The molecule has 1 heterocycles. The minimum absolute atomic E-state index is 0. The molecule has 0 spiro atoms. The van der Waals surface area contributed by atoms with Crippen LogP contribution in [0, 0.1) is 11.3 Å². The van der Waals surface area contributed by atoms with Crippen molar-refractivity contribution in [3.8, 4) is 6.07 Å². The van der Waals surface area contributed by atoms with E-state index in [2.05, 4.69) is 16.3 Å². The second-order valence-corrected chi connectivity index (χ2v) is 8.23. The van der Waals surface area contributed by atoms with Gasteiger partial charge in [0.15, 0.2) is 0 Å². The Morgan fingerprint density at radius 2 is 1.77 bits per heavy atom. The number of benzene rings is 2. The van der Waals surface area contributed by atoms with Crippen LogP contribution in [0.5, 0.6) is 0 Å². The van der Waals surface area contributed by atoms with Gasteiger partial charge in [0.2, 0.25) is 5.91 Å². The number of likely N-dealkylation sites (tertiary alicyclic amines) is 1. The quantitative estimate of drug-likeness (QED) is 0.623. The fraction of sp³-hybridized carbons (Fsp3) is 0.375. The van der Waals surface area contributed by atoms with Gasteiger partial charge in [0.1, 0.15) is 0 Å². The monoisotopic (exact) mass is 409 g/mol. The van der Waals surface area contributed by atoms with Gasteiger partial charge >= 0.3 is 18.9 Å². The van der Waals surface area contributed by atoms with E-state index in [1.807, 2.05) is 24.3 Å². The molecule has 2 aromatic carbocycles. The average Bonchev–Trinajstić information content (AvgIpc) is 3.55. The van der Waals surface area contributed by atoms with Gasteiger partial charge in [-0.2, -0.15) is 5.26 Å². The predicted molar refractivity (Wildman–Crippen MR) is 109 cm³/mol. The van der Waals surface area contributed by atoms with E-state index < -0.39 is 5.97 Å². The molecule has 7 heteroatoms. The smallest absolute Gasteiger partial charge is 0.545 e. The van der Waals surface area contributed by atoms with E-state index in [9.17, 15) is 14.7 Å². The number of carboxylic acids is 1. The number of hydrogen-bond donors (Lipinski definition) is 1. The summed E-state index contributed by atoms with van der Waals surface area (Å²) < 4.78 is 0. The van der Waals surface area contributed by atoms with Crippen LogP contribution in [-0.4, -0.2) is 29.4 Å². The zero-order valence-corrected chi connectivity index (χ0v) is 17.8. The van der Waals surface area contributed by atoms with Gasteiger partial charge in [-0.15, -0.1) is 0 Å². The third-order valence-electron chi connectivity index (χ3n) is 6.17. The molecule has 154 valence electrons. The Kier molecular flexibility index (Phi) is 7.23. The maximum absolute atomic E-state index is 13.2. The van der Waals surface area contributed by atoms with Crippen molar-refractivity contribution in [2.75, 3.05) is 6.54 Å². The number of nitrogens with one attached hydrogen (secondary N) is 1. The van der Waals surface area contributed by atoms with Gasteiger partial charge in [0, 0.05) is 6.54 Å². The minimum atomic E-state index is -1.20. The third-order valence-corrected chi connectivity index (χ3v) is 6.17. The van der Waals surface area contributed by atoms with E-state index >= 15 is 0 Å². The number of carbonyl (C=O) groups is 2. The Labute approximate surface area is 194 Å². The fourth-order valence-corrected chi connectivity index (χ4v) is 4.25. The minimum Gasteiger partial charge on any atom is -0.545 e. The molecule has 1 aliphatic carbocycles. The van der Waals surface area contributed by atoms with Crippen molar-refractivity contribution in [2.45, 2.75) is 50.2 Å². The van der Waals surface area contributed by atoms with E-state index in [0.29, 0.717) is 12.1 Å². The van der Waals surface area contributed by atoms with Crippen LogP contribution in [0.2, 0.25) is 0 Å². The molecule has 1 saturated heterocycles. The van der Waals surface area contributed by atoms with E-state index in [4.69, 9.17) is 5.26 Å². The Balaban J connectivity index is 0.00000272. The zero-order valence-electron chi connectivity index (χ0n) is 17.8. The molecule has 0 aromatic heterocycles. The summed E-state index contributed by atoms with van der Waals surface area (Å²) in [6, 6.07) is 16.1. The van der Waals surface area contributed by atoms with Crippen LogP contribution in [-0.2, 0) is 16.9 Å². The second-order valence-electron chi connectivity index (χ2n) is 8.23. The maximum atomic E-state index is 13.2. The first kappa shape index (κ1) is 23.1. The van der Waals surface area contributed by atoms with Gasteiger partial charge in [-0.3, -0.25) is 9.69 Å². The summed E-state index contributed by atoms with van der Waals surface area (Å²) in [5.74, 6) is -1.17. The third kappa shape index (κ3) is 5.19. The van der Waals surface area contributed by atoms with E-state index in [-0.39, 0.29) is 41.9 Å². The number of nitriles is 1. The molecule has 6 nitrogen and oxygen atoms in total. The van der Waals surface area contributed by atoms with Gasteiger partial charge < -0.3 is 15.2 Å². The summed E-state index contributed by atoms with van der Waals surface area (Å²) in [6.07, 6.45) is 4.62. The average molecular weight is 409 g/mol. The zero-order chi connectivity index (χ0) is 21.1. The molecule has 0 bridgehead atoms. The molecular formula is C24H24LiN3O3. The summed E-state index contributed by atoms with van der Waals surface area (Å²) in [5.41, 5.74) is 2.41. The number of carboxylic acid groups (broad SMARTS) is 1. The van der Waals surface area contributed by atoms with Crippen LogP contribution in [0.15, 0.2) is 48.5 Å². The molecule has 4 rings (SSSR count). The topological polar surface area (TPSA) is 96.3 Å². The van der Waals surface area contributed by atoms with E-state index in [0.717, 1.165) is 49.8 Å². The van der Waals surface area contributed by atoms with Gasteiger partial charge in [-0.1, -0.05) is 42.8 Å². The SMILES string of the molecule is N#Cc1ccc(CN2CCCC[C@@H]2C(=O)NC2(c3ccc(C(=O)[O-])cc3)CC2)cc1.[Li+]. The molecule has 1 amide bonds. The molecule has 2 aliphatic rings. The largest absolute Gasteiger partial charge is 1.00 e. The molecule has 2 fully saturated rings. The van der Waals surface area contributed by atoms with Crippen LogP contribution in [0.4, 0.5) is 0 Å². The first-order valence-electron chi connectivity index (χ1n) is 10.4. The number of carbonyl (C=O) groups excluding carboxylic acids is 2. The number of rotatable bonds is 6. The van der Waals surface area contributed by atoms with Gasteiger partial charge in [-0.05, 0) is 61.1 Å². The molecule has 0 radical (unpaired) electrons. The summed E-state index contributed by atoms with van der Waals surface area (Å²) in [4.78, 5) is 26.4. The van der Waals surface area contributed by atoms with Crippen LogP contribution in [0.25, 0.3) is 0 Å². The van der Waals surface area contributed by atoms with Crippen molar-refractivity contribution in [1.82, 2.24) is 10.2 Å². The van der Waals surface area contributed by atoms with E-state index in [1.54, 1.807) is 12.1 Å². The molecule has 1 N–H and O–H groups in total. The van der Waals surface area contributed by atoms with Crippen molar-refractivity contribution in [3.05, 3.63) is 70.8 Å². The summed E-state index contributed by atoms with van der Waals surface area (Å²) in [5, 5.41) is 23.2. The number of nitrogens with zero attached hydrogens (tertiary/aromatic N) is 2. The summed E-state index contributed by atoms with van der Waals surface area (Å²) in [7, 11) is 0. The van der Waals surface area contributed by atoms with Crippen LogP contribution in [0.3, 0.4) is 0 Å². The second kappa shape index (κ2) is 9.70. The number of piperidine rings is 1. The van der Waals surface area contributed by atoms with E-state index in [1.165, 1.54) is 12.1 Å². The fourth-order valence-electron chi connectivity index (χ4n) is 4.25. The van der Waals surface area contributed by atoms with Crippen LogP contribution in [0.1, 0.15) is 59.2 Å². The van der Waals surface area contributed by atoms with Gasteiger partial charge in [0.25, 0.3) is 0 Å². The number of aromatic carboxylic acids is 1. The Hall–Kier alpha value is -2.57. The van der Waals surface area contributed by atoms with Gasteiger partial charge in [-0.25, -0.2) is 0 Å². The van der Waals surface area contributed by atoms with Crippen LogP contribution < -0.4 is 29.3 Å². The molecule has 1 aliphatic heterocycles. The van der Waals surface area contributed by atoms with Crippen molar-refractivity contribution >= 4 is 11.9 Å².